The largest absolute Gasteiger partial charge is 0.371 e. The Kier molecular flexibility index (Phi) is 4.54. The fraction of sp³-hybridized carbons (Fsp3) is 0.680. The molecule has 1 amide bonds. The summed E-state index contributed by atoms with van der Waals surface area (Å²) in [6.07, 6.45) is 12.7. The summed E-state index contributed by atoms with van der Waals surface area (Å²) < 4.78 is 0. The smallest absolute Gasteiger partial charge is 0.222 e. The van der Waals surface area contributed by atoms with E-state index in [1.54, 1.807) is 0 Å². The molecule has 6 rings (SSSR count). The van der Waals surface area contributed by atoms with Gasteiger partial charge in [0.2, 0.25) is 5.91 Å². The highest BCUT2D eigenvalue weighted by molar-refractivity contribution is 6.09. The molecule has 5 nitrogen and oxygen atoms in total. The van der Waals surface area contributed by atoms with Crippen LogP contribution in [-0.4, -0.2) is 40.8 Å². The fourth-order valence-electron chi connectivity index (χ4n) is 7.17. The zero-order valence-corrected chi connectivity index (χ0v) is 17.9. The number of hydrogen-bond acceptors (Lipinski definition) is 3. The van der Waals surface area contributed by atoms with Gasteiger partial charge in [-0.2, -0.15) is 0 Å². The quantitative estimate of drug-likeness (QED) is 0.704. The van der Waals surface area contributed by atoms with E-state index in [1.807, 2.05) is 0 Å². The number of carbonyl (C=O) groups is 1. The molecule has 0 aromatic heterocycles. The topological polar surface area (TPSA) is 56.7 Å². The Balaban J connectivity index is 1.39. The molecule has 5 aliphatic rings. The molecule has 5 heteroatoms. The van der Waals surface area contributed by atoms with Crippen LogP contribution < -0.4 is 10.6 Å². The van der Waals surface area contributed by atoms with E-state index in [4.69, 9.17) is 4.99 Å². The third-order valence-electron chi connectivity index (χ3n) is 8.47. The van der Waals surface area contributed by atoms with E-state index >= 15 is 0 Å². The number of amidine groups is 1. The maximum atomic E-state index is 12.7. The third kappa shape index (κ3) is 3.04. The number of carbonyl (C=O) groups excluding carboxylic acids is 1. The van der Waals surface area contributed by atoms with E-state index in [2.05, 4.69) is 39.8 Å². The van der Waals surface area contributed by atoms with Crippen LogP contribution in [-0.2, 0) is 4.79 Å². The molecule has 160 valence electrons. The molecular weight excluding hydrogens is 372 g/mol. The highest BCUT2D eigenvalue weighted by Crippen LogP contribution is 2.50. The highest BCUT2D eigenvalue weighted by Gasteiger charge is 2.55. The number of anilines is 2. The fourth-order valence-corrected chi connectivity index (χ4v) is 7.17. The van der Waals surface area contributed by atoms with Crippen molar-refractivity contribution in [3.05, 3.63) is 24.3 Å². The summed E-state index contributed by atoms with van der Waals surface area (Å²) in [5, 5.41) is 7.79. The molecule has 4 fully saturated rings. The summed E-state index contributed by atoms with van der Waals surface area (Å²) in [5.41, 5.74) is 2.25. The van der Waals surface area contributed by atoms with Crippen molar-refractivity contribution in [1.82, 2.24) is 4.90 Å². The Labute approximate surface area is 179 Å². The molecule has 2 saturated carbocycles. The molecule has 2 saturated heterocycles. The maximum Gasteiger partial charge on any atom is 0.222 e. The van der Waals surface area contributed by atoms with Gasteiger partial charge in [0, 0.05) is 19.0 Å². The first-order chi connectivity index (χ1) is 14.7. The van der Waals surface area contributed by atoms with Gasteiger partial charge >= 0.3 is 0 Å². The van der Waals surface area contributed by atoms with Crippen molar-refractivity contribution in [1.29, 1.82) is 0 Å². The SMILES string of the molecule is O=C1CCC[C@@H]2C[C@@]3(C[C@@H]4CCN1[C@H]24)Nc1ccccc1NC3=NC1CCCCC1. The van der Waals surface area contributed by atoms with Gasteiger partial charge in [0.1, 0.15) is 5.84 Å². The van der Waals surface area contributed by atoms with Crippen LogP contribution in [0.25, 0.3) is 0 Å². The molecule has 3 aliphatic heterocycles. The molecule has 2 N–H and O–H groups in total. The number of nitrogens with one attached hydrogen (secondary N) is 2. The first-order valence-electron chi connectivity index (χ1n) is 12.2. The minimum Gasteiger partial charge on any atom is -0.371 e. The average molecular weight is 407 g/mol. The zero-order chi connectivity index (χ0) is 20.1. The molecule has 2 aliphatic carbocycles. The van der Waals surface area contributed by atoms with E-state index in [0.29, 0.717) is 29.8 Å². The predicted octanol–water partition coefficient (Wildman–Crippen LogP) is 4.81. The molecule has 0 radical (unpaired) electrons. The van der Waals surface area contributed by atoms with Crippen molar-refractivity contribution >= 4 is 23.1 Å². The molecule has 1 aromatic carbocycles. The summed E-state index contributed by atoms with van der Waals surface area (Å²) in [7, 11) is 0. The molecule has 0 unspecified atom stereocenters. The van der Waals surface area contributed by atoms with E-state index in [1.165, 1.54) is 50.0 Å². The Morgan fingerprint density at radius 2 is 1.70 bits per heavy atom. The van der Waals surface area contributed by atoms with Crippen LogP contribution >= 0.6 is 0 Å². The van der Waals surface area contributed by atoms with E-state index in [9.17, 15) is 4.79 Å². The number of para-hydroxylation sites is 2. The van der Waals surface area contributed by atoms with Crippen LogP contribution in [0.2, 0.25) is 0 Å². The summed E-state index contributed by atoms with van der Waals surface area (Å²) >= 11 is 0. The lowest BCUT2D eigenvalue weighted by Crippen LogP contribution is -2.60. The standard InChI is InChI=1S/C25H34N4O/c30-22-12-6-7-17-15-25(16-18-13-14-29(22)23(17)18)24(26-19-8-2-1-3-9-19)27-20-10-4-5-11-21(20)28-25/h4-5,10-11,17-19,23,28H,1-3,6-9,12-16H2,(H,26,27)/t17-,18+,23-,25+/m1/s1. The lowest BCUT2D eigenvalue weighted by Gasteiger charge is -2.51. The number of hydrogen-bond donors (Lipinski definition) is 2. The van der Waals surface area contributed by atoms with Crippen LogP contribution in [0, 0.1) is 11.8 Å². The normalized spacial score (nSPS) is 37.3. The van der Waals surface area contributed by atoms with Crippen LogP contribution in [0.4, 0.5) is 11.4 Å². The van der Waals surface area contributed by atoms with Gasteiger partial charge in [0.05, 0.1) is 23.0 Å². The summed E-state index contributed by atoms with van der Waals surface area (Å²) in [6.45, 7) is 0.958. The van der Waals surface area contributed by atoms with Gasteiger partial charge in [-0.3, -0.25) is 9.79 Å². The molecule has 30 heavy (non-hydrogen) atoms. The summed E-state index contributed by atoms with van der Waals surface area (Å²) in [4.78, 5) is 20.3. The van der Waals surface area contributed by atoms with Gasteiger partial charge in [-0.25, -0.2) is 0 Å². The van der Waals surface area contributed by atoms with Gasteiger partial charge in [-0.05, 0) is 68.9 Å². The average Bonchev–Trinajstić information content (AvgIpc) is 3.11. The first kappa shape index (κ1) is 18.7. The second-order valence-electron chi connectivity index (χ2n) is 10.3. The Morgan fingerprint density at radius 1 is 0.933 bits per heavy atom. The van der Waals surface area contributed by atoms with Gasteiger partial charge in [0.15, 0.2) is 0 Å². The van der Waals surface area contributed by atoms with Crippen molar-refractivity contribution < 1.29 is 4.79 Å². The number of nitrogens with zero attached hydrogens (tertiary/aromatic N) is 2. The van der Waals surface area contributed by atoms with Gasteiger partial charge in [0.25, 0.3) is 0 Å². The number of fused-ring (bicyclic) bond motifs is 1. The molecule has 1 aromatic rings. The number of amides is 1. The monoisotopic (exact) mass is 406 g/mol. The molecule has 1 spiro atoms. The Hall–Kier alpha value is -2.04. The third-order valence-corrected chi connectivity index (χ3v) is 8.47. The van der Waals surface area contributed by atoms with E-state index in [0.717, 1.165) is 44.3 Å². The lowest BCUT2D eigenvalue weighted by molar-refractivity contribution is -0.132. The molecule has 0 bridgehead atoms. The minimum atomic E-state index is -0.110. The molecule has 3 heterocycles. The van der Waals surface area contributed by atoms with Gasteiger partial charge in [-0.15, -0.1) is 0 Å². The Bertz CT molecular complexity index is 860. The number of benzene rings is 1. The van der Waals surface area contributed by atoms with Crippen molar-refractivity contribution in [3.8, 4) is 0 Å². The van der Waals surface area contributed by atoms with Crippen LogP contribution in [0.15, 0.2) is 29.3 Å². The van der Waals surface area contributed by atoms with Gasteiger partial charge < -0.3 is 15.5 Å². The molecular formula is C25H34N4O. The lowest BCUT2D eigenvalue weighted by atomic mass is 9.65. The van der Waals surface area contributed by atoms with Gasteiger partial charge in [-0.1, -0.05) is 31.4 Å². The summed E-state index contributed by atoms with van der Waals surface area (Å²) in [5.74, 6) is 2.74. The van der Waals surface area contributed by atoms with E-state index in [-0.39, 0.29) is 5.54 Å². The predicted molar refractivity (Wildman–Crippen MR) is 121 cm³/mol. The van der Waals surface area contributed by atoms with Crippen LogP contribution in [0.5, 0.6) is 0 Å². The molecule has 4 atom stereocenters. The van der Waals surface area contributed by atoms with Crippen molar-refractivity contribution in [2.75, 3.05) is 17.2 Å². The number of rotatable bonds is 1. The Morgan fingerprint density at radius 3 is 2.53 bits per heavy atom. The first-order valence-corrected chi connectivity index (χ1v) is 12.2. The number of aliphatic imine (C=N–C) groups is 1. The van der Waals surface area contributed by atoms with Crippen molar-refractivity contribution in [2.24, 2.45) is 16.8 Å². The van der Waals surface area contributed by atoms with Crippen molar-refractivity contribution in [2.45, 2.75) is 88.3 Å². The van der Waals surface area contributed by atoms with Crippen molar-refractivity contribution in [3.63, 3.8) is 0 Å². The second kappa shape index (κ2) is 7.28. The van der Waals surface area contributed by atoms with Crippen LogP contribution in [0.1, 0.15) is 70.6 Å². The maximum absolute atomic E-state index is 12.7. The minimum absolute atomic E-state index is 0.110. The van der Waals surface area contributed by atoms with Crippen LogP contribution in [0.3, 0.4) is 0 Å². The highest BCUT2D eigenvalue weighted by atomic mass is 16.2. The van der Waals surface area contributed by atoms with E-state index < -0.39 is 0 Å². The zero-order valence-electron chi connectivity index (χ0n) is 17.9. The summed E-state index contributed by atoms with van der Waals surface area (Å²) in [6, 6.07) is 9.51. The second-order valence-corrected chi connectivity index (χ2v) is 10.3.